The standard InChI is InChI=1S/C18H21NO/c1-4-5-6-13-7-9-15-16-12-14(20-3)8-10-17(16)19(2)18(15)11-13/h7-12H,4-6H2,1-3H3. The molecule has 0 fully saturated rings. The lowest BCUT2D eigenvalue weighted by atomic mass is 10.1. The molecule has 0 unspecified atom stereocenters. The predicted molar refractivity (Wildman–Crippen MR) is 85.6 cm³/mol. The molecule has 0 saturated carbocycles. The fourth-order valence-electron chi connectivity index (χ4n) is 2.90. The quantitative estimate of drug-likeness (QED) is 0.669. The second kappa shape index (κ2) is 5.20. The Hall–Kier alpha value is -1.96. The maximum Gasteiger partial charge on any atom is 0.119 e. The van der Waals surface area contributed by atoms with Gasteiger partial charge in [0.25, 0.3) is 0 Å². The molecule has 1 aromatic heterocycles. The number of unbranched alkanes of at least 4 members (excludes halogenated alkanes) is 1. The van der Waals surface area contributed by atoms with Crippen molar-refractivity contribution in [3.05, 3.63) is 42.0 Å². The van der Waals surface area contributed by atoms with Crippen LogP contribution in [0.4, 0.5) is 0 Å². The summed E-state index contributed by atoms with van der Waals surface area (Å²) in [5.74, 6) is 0.917. The van der Waals surface area contributed by atoms with Gasteiger partial charge in [-0.05, 0) is 42.7 Å². The topological polar surface area (TPSA) is 14.2 Å². The van der Waals surface area contributed by atoms with Gasteiger partial charge >= 0.3 is 0 Å². The van der Waals surface area contributed by atoms with Crippen LogP contribution in [0.5, 0.6) is 5.75 Å². The van der Waals surface area contributed by atoms with Gasteiger partial charge in [-0.1, -0.05) is 25.5 Å². The van der Waals surface area contributed by atoms with E-state index in [-0.39, 0.29) is 0 Å². The molecule has 1 heterocycles. The van der Waals surface area contributed by atoms with Gasteiger partial charge in [0.2, 0.25) is 0 Å². The highest BCUT2D eigenvalue weighted by Gasteiger charge is 2.09. The van der Waals surface area contributed by atoms with E-state index >= 15 is 0 Å². The first-order valence-corrected chi connectivity index (χ1v) is 7.29. The zero-order valence-electron chi connectivity index (χ0n) is 12.4. The number of methoxy groups -OCH3 is 1. The van der Waals surface area contributed by atoms with Crippen LogP contribution in [0.2, 0.25) is 0 Å². The number of fused-ring (bicyclic) bond motifs is 3. The fraction of sp³-hybridized carbons (Fsp3) is 0.333. The van der Waals surface area contributed by atoms with Gasteiger partial charge in [-0.3, -0.25) is 0 Å². The van der Waals surface area contributed by atoms with Crippen molar-refractivity contribution in [2.24, 2.45) is 7.05 Å². The molecule has 20 heavy (non-hydrogen) atoms. The minimum Gasteiger partial charge on any atom is -0.497 e. The number of aryl methyl sites for hydroxylation is 2. The summed E-state index contributed by atoms with van der Waals surface area (Å²) in [5.41, 5.74) is 3.99. The zero-order chi connectivity index (χ0) is 14.1. The normalized spacial score (nSPS) is 11.3. The lowest BCUT2D eigenvalue weighted by molar-refractivity contribution is 0.415. The van der Waals surface area contributed by atoms with Crippen molar-refractivity contribution >= 4 is 21.8 Å². The Balaban J connectivity index is 2.20. The first-order chi connectivity index (χ1) is 9.74. The minimum absolute atomic E-state index is 0.917. The van der Waals surface area contributed by atoms with Gasteiger partial charge in [0.05, 0.1) is 7.11 Å². The fourth-order valence-corrected chi connectivity index (χ4v) is 2.90. The van der Waals surface area contributed by atoms with Crippen molar-refractivity contribution in [1.82, 2.24) is 4.57 Å². The molecule has 0 N–H and O–H groups in total. The average molecular weight is 267 g/mol. The molecule has 3 rings (SSSR count). The Morgan fingerprint density at radius 2 is 1.85 bits per heavy atom. The summed E-state index contributed by atoms with van der Waals surface area (Å²) in [6.07, 6.45) is 3.66. The van der Waals surface area contributed by atoms with E-state index in [1.54, 1.807) is 7.11 Å². The minimum atomic E-state index is 0.917. The summed E-state index contributed by atoms with van der Waals surface area (Å²) >= 11 is 0. The van der Waals surface area contributed by atoms with Crippen LogP contribution >= 0.6 is 0 Å². The molecule has 0 saturated heterocycles. The summed E-state index contributed by atoms with van der Waals surface area (Å²) < 4.78 is 7.63. The molecule has 0 radical (unpaired) electrons. The van der Waals surface area contributed by atoms with Gasteiger partial charge in [-0.25, -0.2) is 0 Å². The molecule has 104 valence electrons. The van der Waals surface area contributed by atoms with Crippen molar-refractivity contribution in [1.29, 1.82) is 0 Å². The van der Waals surface area contributed by atoms with E-state index < -0.39 is 0 Å². The molecule has 0 spiro atoms. The largest absolute Gasteiger partial charge is 0.497 e. The summed E-state index contributed by atoms with van der Waals surface area (Å²) in [6.45, 7) is 2.24. The number of hydrogen-bond donors (Lipinski definition) is 0. The Morgan fingerprint density at radius 1 is 1.00 bits per heavy atom. The third-order valence-corrected chi connectivity index (χ3v) is 4.10. The van der Waals surface area contributed by atoms with Crippen LogP contribution in [-0.4, -0.2) is 11.7 Å². The van der Waals surface area contributed by atoms with Gasteiger partial charge < -0.3 is 9.30 Å². The van der Waals surface area contributed by atoms with Crippen LogP contribution in [0, 0.1) is 0 Å². The van der Waals surface area contributed by atoms with Crippen molar-refractivity contribution in [2.75, 3.05) is 7.11 Å². The zero-order valence-corrected chi connectivity index (χ0v) is 12.4. The lowest BCUT2D eigenvalue weighted by Gasteiger charge is -2.02. The summed E-state index contributed by atoms with van der Waals surface area (Å²) in [6, 6.07) is 13.1. The molecule has 2 aromatic carbocycles. The number of nitrogens with zero attached hydrogens (tertiary/aromatic N) is 1. The lowest BCUT2D eigenvalue weighted by Crippen LogP contribution is -1.89. The monoisotopic (exact) mass is 267 g/mol. The third-order valence-electron chi connectivity index (χ3n) is 4.10. The maximum absolute atomic E-state index is 5.35. The van der Waals surface area contributed by atoms with Gasteiger partial charge in [-0.15, -0.1) is 0 Å². The number of ether oxygens (including phenoxy) is 1. The SMILES string of the molecule is CCCCc1ccc2c3cc(OC)ccc3n(C)c2c1. The molecular weight excluding hydrogens is 246 g/mol. The summed E-state index contributed by atoms with van der Waals surface area (Å²) in [4.78, 5) is 0. The van der Waals surface area contributed by atoms with Crippen molar-refractivity contribution < 1.29 is 4.74 Å². The molecule has 2 heteroatoms. The molecule has 0 aliphatic carbocycles. The Kier molecular flexibility index (Phi) is 3.39. The Bertz CT molecular complexity index is 755. The molecule has 0 aliphatic rings. The summed E-state index contributed by atoms with van der Waals surface area (Å²) in [5, 5.41) is 2.57. The van der Waals surface area contributed by atoms with Crippen LogP contribution in [0.25, 0.3) is 21.8 Å². The van der Waals surface area contributed by atoms with E-state index in [2.05, 4.69) is 48.9 Å². The van der Waals surface area contributed by atoms with Gasteiger partial charge in [-0.2, -0.15) is 0 Å². The smallest absolute Gasteiger partial charge is 0.119 e. The van der Waals surface area contributed by atoms with E-state index in [0.717, 1.165) is 12.2 Å². The van der Waals surface area contributed by atoms with Crippen LogP contribution in [0.3, 0.4) is 0 Å². The van der Waals surface area contributed by atoms with Crippen LogP contribution in [-0.2, 0) is 13.5 Å². The second-order valence-corrected chi connectivity index (χ2v) is 5.40. The van der Waals surface area contributed by atoms with Crippen molar-refractivity contribution in [2.45, 2.75) is 26.2 Å². The van der Waals surface area contributed by atoms with E-state index in [1.807, 2.05) is 6.07 Å². The summed E-state index contributed by atoms with van der Waals surface area (Å²) in [7, 11) is 3.86. The highest BCUT2D eigenvalue weighted by atomic mass is 16.5. The number of aromatic nitrogens is 1. The van der Waals surface area contributed by atoms with Crippen molar-refractivity contribution in [3.63, 3.8) is 0 Å². The molecule has 0 amide bonds. The van der Waals surface area contributed by atoms with Gasteiger partial charge in [0.15, 0.2) is 0 Å². The second-order valence-electron chi connectivity index (χ2n) is 5.40. The predicted octanol–water partition coefficient (Wildman–Crippen LogP) is 4.68. The number of rotatable bonds is 4. The molecular formula is C18H21NO. The van der Waals surface area contributed by atoms with Crippen LogP contribution < -0.4 is 4.74 Å². The number of benzene rings is 2. The van der Waals surface area contributed by atoms with Gasteiger partial charge in [0.1, 0.15) is 5.75 Å². The van der Waals surface area contributed by atoms with E-state index in [1.165, 1.54) is 40.2 Å². The van der Waals surface area contributed by atoms with E-state index in [9.17, 15) is 0 Å². The molecule has 2 nitrogen and oxygen atoms in total. The Labute approximate surface area is 120 Å². The number of hydrogen-bond acceptors (Lipinski definition) is 1. The first kappa shape index (κ1) is 13.0. The molecule has 0 atom stereocenters. The van der Waals surface area contributed by atoms with Crippen LogP contribution in [0.1, 0.15) is 25.3 Å². The molecule has 0 aliphatic heterocycles. The highest BCUT2D eigenvalue weighted by molar-refractivity contribution is 6.08. The van der Waals surface area contributed by atoms with Crippen molar-refractivity contribution in [3.8, 4) is 5.75 Å². The highest BCUT2D eigenvalue weighted by Crippen LogP contribution is 2.31. The van der Waals surface area contributed by atoms with E-state index in [4.69, 9.17) is 4.74 Å². The Morgan fingerprint density at radius 3 is 2.60 bits per heavy atom. The van der Waals surface area contributed by atoms with E-state index in [0.29, 0.717) is 0 Å². The average Bonchev–Trinajstić information content (AvgIpc) is 2.77. The first-order valence-electron chi connectivity index (χ1n) is 7.29. The van der Waals surface area contributed by atoms with Gasteiger partial charge in [0, 0.05) is 28.9 Å². The third kappa shape index (κ3) is 2.05. The van der Waals surface area contributed by atoms with Crippen LogP contribution in [0.15, 0.2) is 36.4 Å². The maximum atomic E-state index is 5.35. The molecule has 3 aromatic rings. The molecule has 0 bridgehead atoms.